The molecule has 2 aromatic rings. The van der Waals surface area contributed by atoms with Gasteiger partial charge in [0, 0.05) is 25.9 Å². The van der Waals surface area contributed by atoms with Gasteiger partial charge in [-0.05, 0) is 42.7 Å². The second-order valence-electron chi connectivity index (χ2n) is 7.10. The number of amides is 1. The molecular weight excluding hydrogens is 356 g/mol. The molecule has 28 heavy (non-hydrogen) atoms. The maximum atomic E-state index is 13.1. The van der Waals surface area contributed by atoms with E-state index in [1.807, 2.05) is 53.4 Å². The second kappa shape index (κ2) is 8.63. The van der Waals surface area contributed by atoms with Gasteiger partial charge >= 0.3 is 0 Å². The van der Waals surface area contributed by atoms with Crippen LogP contribution in [0, 0.1) is 0 Å². The van der Waals surface area contributed by atoms with Crippen LogP contribution in [0.15, 0.2) is 48.5 Å². The number of nitrogens with zero attached hydrogens (tertiary/aromatic N) is 1. The van der Waals surface area contributed by atoms with Crippen LogP contribution in [0.5, 0.6) is 5.75 Å². The number of carbonyl (C=O) groups excluding carboxylic acids is 1. The molecule has 148 valence electrons. The Labute approximate surface area is 165 Å². The van der Waals surface area contributed by atoms with Crippen molar-refractivity contribution in [3.63, 3.8) is 0 Å². The summed E-state index contributed by atoms with van der Waals surface area (Å²) in [6, 6.07) is 15.5. The predicted octanol–water partition coefficient (Wildman–Crippen LogP) is 3.46. The van der Waals surface area contributed by atoms with Crippen LogP contribution < -0.4 is 10.1 Å². The SMILES string of the molecule is COCCN1C(=O)c2ccccc2NC1c1cccc(OCC2CCCO2)c1. The normalized spacial score (nSPS) is 21.3. The summed E-state index contributed by atoms with van der Waals surface area (Å²) in [5, 5.41) is 3.50. The molecule has 0 aromatic heterocycles. The fraction of sp³-hybridized carbons (Fsp3) is 0.409. The van der Waals surface area contributed by atoms with Gasteiger partial charge in [0.15, 0.2) is 0 Å². The molecule has 2 heterocycles. The number of rotatable bonds is 7. The summed E-state index contributed by atoms with van der Waals surface area (Å²) in [5.74, 6) is 0.787. The predicted molar refractivity (Wildman–Crippen MR) is 107 cm³/mol. The van der Waals surface area contributed by atoms with Gasteiger partial charge < -0.3 is 24.4 Å². The summed E-state index contributed by atoms with van der Waals surface area (Å²) in [7, 11) is 1.64. The van der Waals surface area contributed by atoms with Crippen LogP contribution in [0.25, 0.3) is 0 Å². The van der Waals surface area contributed by atoms with E-state index in [-0.39, 0.29) is 18.2 Å². The highest BCUT2D eigenvalue weighted by molar-refractivity contribution is 6.01. The number of benzene rings is 2. The van der Waals surface area contributed by atoms with Crippen LogP contribution in [0.2, 0.25) is 0 Å². The zero-order valence-corrected chi connectivity index (χ0v) is 16.1. The third-order valence-corrected chi connectivity index (χ3v) is 5.19. The lowest BCUT2D eigenvalue weighted by Crippen LogP contribution is -2.44. The Balaban J connectivity index is 1.56. The van der Waals surface area contributed by atoms with E-state index in [0.717, 1.165) is 36.4 Å². The van der Waals surface area contributed by atoms with Crippen molar-refractivity contribution in [1.82, 2.24) is 4.90 Å². The third kappa shape index (κ3) is 3.98. The van der Waals surface area contributed by atoms with Crippen LogP contribution in [-0.2, 0) is 9.47 Å². The van der Waals surface area contributed by atoms with Gasteiger partial charge in [-0.1, -0.05) is 24.3 Å². The average Bonchev–Trinajstić information content (AvgIpc) is 3.25. The molecule has 4 rings (SSSR count). The summed E-state index contributed by atoms with van der Waals surface area (Å²) in [4.78, 5) is 14.9. The van der Waals surface area contributed by atoms with Gasteiger partial charge in [-0.15, -0.1) is 0 Å². The zero-order chi connectivity index (χ0) is 19.3. The Morgan fingerprint density at radius 3 is 2.93 bits per heavy atom. The van der Waals surface area contributed by atoms with Crippen molar-refractivity contribution >= 4 is 11.6 Å². The van der Waals surface area contributed by atoms with Crippen LogP contribution in [-0.4, -0.2) is 50.4 Å². The molecule has 2 unspecified atom stereocenters. The van der Waals surface area contributed by atoms with Crippen molar-refractivity contribution in [2.45, 2.75) is 25.1 Å². The maximum Gasteiger partial charge on any atom is 0.257 e. The summed E-state index contributed by atoms with van der Waals surface area (Å²) in [6.45, 7) is 2.34. The fourth-order valence-electron chi connectivity index (χ4n) is 3.72. The molecule has 1 N–H and O–H groups in total. The summed E-state index contributed by atoms with van der Waals surface area (Å²) in [6.07, 6.45) is 2.03. The highest BCUT2D eigenvalue weighted by Crippen LogP contribution is 2.34. The number of hydrogen-bond donors (Lipinski definition) is 1. The molecule has 2 aliphatic heterocycles. The first-order valence-electron chi connectivity index (χ1n) is 9.76. The number of hydrogen-bond acceptors (Lipinski definition) is 5. The molecular formula is C22H26N2O4. The number of methoxy groups -OCH3 is 1. The van der Waals surface area contributed by atoms with E-state index in [9.17, 15) is 4.79 Å². The zero-order valence-electron chi connectivity index (χ0n) is 16.1. The van der Waals surface area contributed by atoms with Crippen molar-refractivity contribution in [2.75, 3.05) is 38.8 Å². The molecule has 2 aromatic carbocycles. The Bertz CT molecular complexity index is 820. The quantitative estimate of drug-likeness (QED) is 0.795. The van der Waals surface area contributed by atoms with Gasteiger partial charge in [0.1, 0.15) is 18.5 Å². The molecule has 2 atom stereocenters. The molecule has 1 amide bonds. The lowest BCUT2D eigenvalue weighted by Gasteiger charge is -2.38. The minimum Gasteiger partial charge on any atom is -0.491 e. The van der Waals surface area contributed by atoms with E-state index in [2.05, 4.69) is 5.32 Å². The van der Waals surface area contributed by atoms with E-state index in [0.29, 0.717) is 25.3 Å². The highest BCUT2D eigenvalue weighted by atomic mass is 16.5. The molecule has 0 radical (unpaired) electrons. The smallest absolute Gasteiger partial charge is 0.257 e. The second-order valence-corrected chi connectivity index (χ2v) is 7.10. The van der Waals surface area contributed by atoms with Gasteiger partial charge in [0.05, 0.1) is 18.3 Å². The van der Waals surface area contributed by atoms with Gasteiger partial charge in [-0.3, -0.25) is 4.79 Å². The monoisotopic (exact) mass is 382 g/mol. The van der Waals surface area contributed by atoms with Gasteiger partial charge in [0.2, 0.25) is 0 Å². The van der Waals surface area contributed by atoms with Crippen molar-refractivity contribution < 1.29 is 19.0 Å². The van der Waals surface area contributed by atoms with E-state index >= 15 is 0 Å². The Kier molecular flexibility index (Phi) is 5.78. The molecule has 0 bridgehead atoms. The molecule has 1 fully saturated rings. The Hall–Kier alpha value is -2.57. The average molecular weight is 382 g/mol. The van der Waals surface area contributed by atoms with Gasteiger partial charge in [0.25, 0.3) is 5.91 Å². The van der Waals surface area contributed by atoms with Crippen molar-refractivity contribution in [2.24, 2.45) is 0 Å². The molecule has 6 heteroatoms. The highest BCUT2D eigenvalue weighted by Gasteiger charge is 2.32. The van der Waals surface area contributed by atoms with E-state index < -0.39 is 0 Å². The van der Waals surface area contributed by atoms with Gasteiger partial charge in [-0.25, -0.2) is 0 Å². The lowest BCUT2D eigenvalue weighted by molar-refractivity contribution is 0.0607. The van der Waals surface area contributed by atoms with Crippen molar-refractivity contribution in [3.05, 3.63) is 59.7 Å². The minimum atomic E-state index is -0.274. The number of fused-ring (bicyclic) bond motifs is 1. The van der Waals surface area contributed by atoms with Crippen molar-refractivity contribution in [3.8, 4) is 5.75 Å². The van der Waals surface area contributed by atoms with Crippen LogP contribution in [0.4, 0.5) is 5.69 Å². The number of para-hydroxylation sites is 1. The minimum absolute atomic E-state index is 0.00192. The first-order chi connectivity index (χ1) is 13.8. The molecule has 2 aliphatic rings. The first kappa shape index (κ1) is 18.8. The first-order valence-corrected chi connectivity index (χ1v) is 9.76. The molecule has 1 saturated heterocycles. The topological polar surface area (TPSA) is 60.0 Å². The molecule has 6 nitrogen and oxygen atoms in total. The standard InChI is InChI=1S/C22H26N2O4/c1-26-13-11-24-21(23-20-10-3-2-9-19(20)22(24)25)16-6-4-7-17(14-16)28-15-18-8-5-12-27-18/h2-4,6-7,9-10,14,18,21,23H,5,8,11-13,15H2,1H3. The van der Waals surface area contributed by atoms with Crippen LogP contribution >= 0.6 is 0 Å². The van der Waals surface area contributed by atoms with E-state index in [1.165, 1.54) is 0 Å². The third-order valence-electron chi connectivity index (χ3n) is 5.19. The molecule has 0 spiro atoms. The largest absolute Gasteiger partial charge is 0.491 e. The summed E-state index contributed by atoms with van der Waals surface area (Å²) < 4.78 is 16.8. The lowest BCUT2D eigenvalue weighted by atomic mass is 10.0. The number of ether oxygens (including phenoxy) is 3. The van der Waals surface area contributed by atoms with E-state index in [1.54, 1.807) is 7.11 Å². The fourth-order valence-corrected chi connectivity index (χ4v) is 3.72. The number of carbonyl (C=O) groups is 1. The van der Waals surface area contributed by atoms with E-state index in [4.69, 9.17) is 14.2 Å². The maximum absolute atomic E-state index is 13.1. The Morgan fingerprint density at radius 1 is 1.21 bits per heavy atom. The van der Waals surface area contributed by atoms with Gasteiger partial charge in [-0.2, -0.15) is 0 Å². The van der Waals surface area contributed by atoms with Crippen molar-refractivity contribution in [1.29, 1.82) is 0 Å². The van der Waals surface area contributed by atoms with Crippen LogP contribution in [0.3, 0.4) is 0 Å². The number of anilines is 1. The molecule has 0 aliphatic carbocycles. The Morgan fingerprint density at radius 2 is 2.11 bits per heavy atom. The molecule has 0 saturated carbocycles. The number of nitrogens with one attached hydrogen (secondary N) is 1. The van der Waals surface area contributed by atoms with Crippen LogP contribution in [0.1, 0.15) is 34.9 Å². The summed E-state index contributed by atoms with van der Waals surface area (Å²) in [5.41, 5.74) is 2.50. The summed E-state index contributed by atoms with van der Waals surface area (Å²) >= 11 is 0.